The zero-order valence-electron chi connectivity index (χ0n) is 13.6. The Kier molecular flexibility index (Phi) is 8.86. The number of aromatic nitrogens is 1. The second-order valence-electron chi connectivity index (χ2n) is 4.82. The highest BCUT2D eigenvalue weighted by molar-refractivity contribution is 5.85. The van der Waals surface area contributed by atoms with Gasteiger partial charge in [-0.25, -0.2) is 0 Å². The maximum Gasteiger partial charge on any atom is 0.0346 e. The molecule has 1 heteroatoms. The van der Waals surface area contributed by atoms with Crippen molar-refractivity contribution in [2.24, 2.45) is 0 Å². The lowest BCUT2D eigenvalue weighted by Gasteiger charge is -2.09. The monoisotopic (exact) mass is 259 g/mol. The summed E-state index contributed by atoms with van der Waals surface area (Å²) in [6.45, 7) is 14.8. The normalized spacial score (nSPS) is 9.47. The molecule has 2 rings (SSSR count). The van der Waals surface area contributed by atoms with Crippen molar-refractivity contribution in [3.05, 3.63) is 41.7 Å². The van der Waals surface area contributed by atoms with E-state index in [1.807, 2.05) is 26.2 Å². The second kappa shape index (κ2) is 9.55. The van der Waals surface area contributed by atoms with Crippen LogP contribution in [-0.2, 0) is 0 Å². The Hall–Kier alpha value is -1.37. The van der Waals surface area contributed by atoms with E-state index in [4.69, 9.17) is 0 Å². The number of aryl methyl sites for hydroxylation is 1. The molecule has 1 aromatic heterocycles. The standard InChI is InChI=1S/C13H15N.C3H8.C2H6/c1-9(2)13-8-14-7-11-5-4-10(3)6-12(11)13;1-3-2;1-2/h4-9H,1-3H3;3H2,1-2H3;1-2H3. The van der Waals surface area contributed by atoms with Crippen LogP contribution in [0.4, 0.5) is 0 Å². The molecular formula is C18H29N. The minimum absolute atomic E-state index is 0.535. The van der Waals surface area contributed by atoms with E-state index in [1.54, 1.807) is 0 Å². The van der Waals surface area contributed by atoms with E-state index in [0.29, 0.717) is 5.92 Å². The minimum Gasteiger partial charge on any atom is -0.264 e. The van der Waals surface area contributed by atoms with E-state index in [-0.39, 0.29) is 0 Å². The molecule has 0 aliphatic rings. The fourth-order valence-electron chi connectivity index (χ4n) is 1.76. The number of benzene rings is 1. The third kappa shape index (κ3) is 5.42. The lowest BCUT2D eigenvalue weighted by Crippen LogP contribution is -1.91. The molecule has 1 heterocycles. The van der Waals surface area contributed by atoms with E-state index in [0.717, 1.165) is 0 Å². The molecule has 0 spiro atoms. The van der Waals surface area contributed by atoms with Gasteiger partial charge in [-0.2, -0.15) is 0 Å². The first-order valence-electron chi connectivity index (χ1n) is 7.44. The molecule has 0 aliphatic heterocycles. The van der Waals surface area contributed by atoms with E-state index >= 15 is 0 Å². The highest BCUT2D eigenvalue weighted by Gasteiger charge is 2.04. The van der Waals surface area contributed by atoms with Gasteiger partial charge in [0.15, 0.2) is 0 Å². The van der Waals surface area contributed by atoms with Crippen LogP contribution < -0.4 is 0 Å². The first-order chi connectivity index (χ1) is 9.10. The van der Waals surface area contributed by atoms with Gasteiger partial charge in [-0.15, -0.1) is 0 Å². The van der Waals surface area contributed by atoms with Crippen LogP contribution in [0.25, 0.3) is 10.8 Å². The van der Waals surface area contributed by atoms with Crippen molar-refractivity contribution in [2.45, 2.75) is 60.8 Å². The van der Waals surface area contributed by atoms with E-state index in [1.165, 1.54) is 28.3 Å². The summed E-state index contributed by atoms with van der Waals surface area (Å²) < 4.78 is 0. The van der Waals surface area contributed by atoms with Gasteiger partial charge in [-0.3, -0.25) is 4.98 Å². The Morgan fingerprint density at radius 1 is 1.05 bits per heavy atom. The SMILES string of the molecule is CC.CCC.Cc1ccc2cncc(C(C)C)c2c1. The van der Waals surface area contributed by atoms with Gasteiger partial charge in [-0.05, 0) is 23.8 Å². The van der Waals surface area contributed by atoms with E-state index in [2.05, 4.69) is 57.8 Å². The van der Waals surface area contributed by atoms with Crippen LogP contribution >= 0.6 is 0 Å². The zero-order chi connectivity index (χ0) is 14.8. The van der Waals surface area contributed by atoms with Crippen molar-refractivity contribution in [1.82, 2.24) is 4.98 Å². The number of pyridine rings is 1. The molecule has 0 N–H and O–H groups in total. The average Bonchev–Trinajstić information content (AvgIpc) is 2.41. The zero-order valence-corrected chi connectivity index (χ0v) is 13.6. The number of nitrogens with zero attached hydrogens (tertiary/aromatic N) is 1. The first kappa shape index (κ1) is 17.6. The Morgan fingerprint density at radius 3 is 2.16 bits per heavy atom. The summed E-state index contributed by atoms with van der Waals surface area (Å²) in [6, 6.07) is 6.52. The summed E-state index contributed by atoms with van der Waals surface area (Å²) in [6.07, 6.45) is 5.16. The van der Waals surface area contributed by atoms with Crippen molar-refractivity contribution < 1.29 is 0 Å². The summed E-state index contributed by atoms with van der Waals surface area (Å²) in [5.74, 6) is 0.535. The highest BCUT2D eigenvalue weighted by atomic mass is 14.6. The fourth-order valence-corrected chi connectivity index (χ4v) is 1.76. The molecule has 1 nitrogen and oxygen atoms in total. The molecule has 1 aromatic carbocycles. The molecule has 0 unspecified atom stereocenters. The molecule has 0 aliphatic carbocycles. The predicted octanol–water partition coefficient (Wildman–Crippen LogP) is 6.11. The van der Waals surface area contributed by atoms with Crippen LogP contribution in [0.3, 0.4) is 0 Å². The van der Waals surface area contributed by atoms with Gasteiger partial charge >= 0.3 is 0 Å². The molecule has 2 aromatic rings. The number of hydrogen-bond acceptors (Lipinski definition) is 1. The van der Waals surface area contributed by atoms with Crippen molar-refractivity contribution in [1.29, 1.82) is 0 Å². The van der Waals surface area contributed by atoms with E-state index in [9.17, 15) is 0 Å². The first-order valence-corrected chi connectivity index (χ1v) is 7.44. The lowest BCUT2D eigenvalue weighted by atomic mass is 9.98. The van der Waals surface area contributed by atoms with Crippen LogP contribution in [0.1, 0.15) is 65.0 Å². The van der Waals surface area contributed by atoms with Crippen LogP contribution in [-0.4, -0.2) is 4.98 Å². The van der Waals surface area contributed by atoms with Crippen LogP contribution in [0, 0.1) is 6.92 Å². The van der Waals surface area contributed by atoms with Gasteiger partial charge in [0.25, 0.3) is 0 Å². The average molecular weight is 259 g/mol. The molecule has 0 saturated carbocycles. The second-order valence-corrected chi connectivity index (χ2v) is 4.82. The largest absolute Gasteiger partial charge is 0.264 e. The van der Waals surface area contributed by atoms with Crippen molar-refractivity contribution in [2.75, 3.05) is 0 Å². The lowest BCUT2D eigenvalue weighted by molar-refractivity contribution is 0.869. The van der Waals surface area contributed by atoms with Gasteiger partial charge in [-0.1, -0.05) is 71.7 Å². The number of fused-ring (bicyclic) bond motifs is 1. The highest BCUT2D eigenvalue weighted by Crippen LogP contribution is 2.24. The van der Waals surface area contributed by atoms with Crippen molar-refractivity contribution in [3.8, 4) is 0 Å². The molecule has 0 bridgehead atoms. The third-order valence-electron chi connectivity index (χ3n) is 2.57. The van der Waals surface area contributed by atoms with Crippen LogP contribution in [0.2, 0.25) is 0 Å². The topological polar surface area (TPSA) is 12.9 Å². The maximum absolute atomic E-state index is 4.26. The number of hydrogen-bond donors (Lipinski definition) is 0. The van der Waals surface area contributed by atoms with Crippen LogP contribution in [0.5, 0.6) is 0 Å². The Labute approximate surface area is 119 Å². The minimum atomic E-state index is 0.535. The Bertz CT molecular complexity index is 472. The summed E-state index contributed by atoms with van der Waals surface area (Å²) >= 11 is 0. The van der Waals surface area contributed by atoms with Crippen molar-refractivity contribution in [3.63, 3.8) is 0 Å². The number of rotatable bonds is 1. The van der Waals surface area contributed by atoms with Crippen LogP contribution in [0.15, 0.2) is 30.6 Å². The maximum atomic E-state index is 4.26. The summed E-state index contributed by atoms with van der Waals surface area (Å²) in [5.41, 5.74) is 2.65. The summed E-state index contributed by atoms with van der Waals surface area (Å²) in [7, 11) is 0. The Morgan fingerprint density at radius 2 is 1.63 bits per heavy atom. The van der Waals surface area contributed by atoms with Gasteiger partial charge in [0.1, 0.15) is 0 Å². The molecule has 19 heavy (non-hydrogen) atoms. The Balaban J connectivity index is 0.000000573. The molecular weight excluding hydrogens is 230 g/mol. The van der Waals surface area contributed by atoms with Gasteiger partial charge in [0.05, 0.1) is 0 Å². The molecule has 106 valence electrons. The third-order valence-corrected chi connectivity index (χ3v) is 2.57. The molecule has 0 saturated heterocycles. The molecule has 0 radical (unpaired) electrons. The van der Waals surface area contributed by atoms with Crippen molar-refractivity contribution >= 4 is 10.8 Å². The molecule has 0 fully saturated rings. The summed E-state index contributed by atoms with van der Waals surface area (Å²) in [5, 5.41) is 2.58. The van der Waals surface area contributed by atoms with Gasteiger partial charge < -0.3 is 0 Å². The van der Waals surface area contributed by atoms with Gasteiger partial charge in [0, 0.05) is 17.8 Å². The fraction of sp³-hybridized carbons (Fsp3) is 0.500. The quantitative estimate of drug-likeness (QED) is 0.602. The van der Waals surface area contributed by atoms with Gasteiger partial charge in [0.2, 0.25) is 0 Å². The molecule has 0 amide bonds. The smallest absolute Gasteiger partial charge is 0.0346 e. The summed E-state index contributed by atoms with van der Waals surface area (Å²) in [4.78, 5) is 4.26. The van der Waals surface area contributed by atoms with E-state index < -0.39 is 0 Å². The molecule has 0 atom stereocenters. The predicted molar refractivity (Wildman–Crippen MR) is 87.9 cm³/mol.